The molecule has 0 radical (unpaired) electrons. The number of fused-ring (bicyclic) bond motifs is 1. The Balaban J connectivity index is 2.00. The minimum Gasteiger partial charge on any atom is -0.493 e. The Kier molecular flexibility index (Phi) is 5.23. The van der Waals surface area contributed by atoms with E-state index in [2.05, 4.69) is 10.0 Å². The molecule has 0 atom stereocenters. The number of amides is 1. The normalized spacial score (nSPS) is 13.1. The van der Waals surface area contributed by atoms with Crippen molar-refractivity contribution in [2.45, 2.75) is 11.8 Å². The van der Waals surface area contributed by atoms with Crippen LogP contribution in [0.1, 0.15) is 5.56 Å². The van der Waals surface area contributed by atoms with Crippen molar-refractivity contribution in [3.8, 4) is 23.0 Å². The molecule has 28 heavy (non-hydrogen) atoms. The monoisotopic (exact) mass is 408 g/mol. The standard InChI is InChI=1S/C18H20N2O7S/c1-10-5-12-13(27-9-17(21)19-12)8-16(10)28(22,23)20-11-6-14(24-2)18(26-4)15(7-11)25-3/h5-8,20H,9H2,1-4H3,(H,19,21). The zero-order chi connectivity index (χ0) is 20.5. The maximum absolute atomic E-state index is 13.0. The Morgan fingerprint density at radius 1 is 1.04 bits per heavy atom. The molecule has 9 nitrogen and oxygen atoms in total. The third kappa shape index (κ3) is 3.63. The molecule has 2 aromatic rings. The highest BCUT2D eigenvalue weighted by molar-refractivity contribution is 7.92. The molecule has 0 aliphatic carbocycles. The second-order valence-corrected chi connectivity index (χ2v) is 7.62. The number of rotatable bonds is 6. The van der Waals surface area contributed by atoms with Crippen LogP contribution in [-0.4, -0.2) is 42.3 Å². The fraction of sp³-hybridized carbons (Fsp3) is 0.278. The fourth-order valence-corrected chi connectivity index (χ4v) is 4.14. The molecule has 0 spiro atoms. The van der Waals surface area contributed by atoms with E-state index in [9.17, 15) is 13.2 Å². The van der Waals surface area contributed by atoms with E-state index in [-0.39, 0.29) is 28.8 Å². The van der Waals surface area contributed by atoms with Crippen LogP contribution in [0, 0.1) is 6.92 Å². The topological polar surface area (TPSA) is 112 Å². The summed E-state index contributed by atoms with van der Waals surface area (Å²) >= 11 is 0. The molecule has 0 saturated carbocycles. The van der Waals surface area contributed by atoms with E-state index in [4.69, 9.17) is 18.9 Å². The highest BCUT2D eigenvalue weighted by Crippen LogP contribution is 2.41. The quantitative estimate of drug-likeness (QED) is 0.753. The molecule has 3 rings (SSSR count). The molecule has 1 heterocycles. The average molecular weight is 408 g/mol. The first-order valence-electron chi connectivity index (χ1n) is 8.19. The maximum Gasteiger partial charge on any atom is 0.262 e. The lowest BCUT2D eigenvalue weighted by atomic mass is 10.2. The molecular formula is C18H20N2O7S. The largest absolute Gasteiger partial charge is 0.493 e. The first-order chi connectivity index (χ1) is 13.3. The summed E-state index contributed by atoms with van der Waals surface area (Å²) in [6.45, 7) is 1.46. The number of hydrogen-bond donors (Lipinski definition) is 2. The van der Waals surface area contributed by atoms with Crippen molar-refractivity contribution in [1.29, 1.82) is 0 Å². The number of aryl methyl sites for hydroxylation is 1. The van der Waals surface area contributed by atoms with Crippen molar-refractivity contribution >= 4 is 27.3 Å². The Morgan fingerprint density at radius 3 is 2.25 bits per heavy atom. The van der Waals surface area contributed by atoms with Gasteiger partial charge in [-0.2, -0.15) is 0 Å². The van der Waals surface area contributed by atoms with Gasteiger partial charge in [0.25, 0.3) is 15.9 Å². The summed E-state index contributed by atoms with van der Waals surface area (Å²) in [7, 11) is 0.381. The van der Waals surface area contributed by atoms with Gasteiger partial charge < -0.3 is 24.3 Å². The molecular weight excluding hydrogens is 388 g/mol. The van der Waals surface area contributed by atoms with Gasteiger partial charge in [0, 0.05) is 18.2 Å². The predicted molar refractivity (Wildman–Crippen MR) is 102 cm³/mol. The minimum atomic E-state index is -3.96. The molecule has 10 heteroatoms. The van der Waals surface area contributed by atoms with Gasteiger partial charge in [-0.15, -0.1) is 0 Å². The van der Waals surface area contributed by atoms with E-state index in [0.29, 0.717) is 28.5 Å². The summed E-state index contributed by atoms with van der Waals surface area (Å²) in [6.07, 6.45) is 0. The van der Waals surface area contributed by atoms with Crippen LogP contribution in [0.5, 0.6) is 23.0 Å². The highest BCUT2D eigenvalue weighted by atomic mass is 32.2. The van der Waals surface area contributed by atoms with Crippen LogP contribution in [0.25, 0.3) is 0 Å². The number of methoxy groups -OCH3 is 3. The molecule has 0 unspecified atom stereocenters. The summed E-state index contributed by atoms with van der Waals surface area (Å²) in [4.78, 5) is 11.5. The summed E-state index contributed by atoms with van der Waals surface area (Å²) in [5, 5.41) is 2.65. The number of carbonyl (C=O) groups excluding carboxylic acids is 1. The van der Waals surface area contributed by atoms with Gasteiger partial charge >= 0.3 is 0 Å². The molecule has 2 N–H and O–H groups in total. The van der Waals surface area contributed by atoms with Crippen molar-refractivity contribution < 1.29 is 32.2 Å². The number of anilines is 2. The SMILES string of the molecule is COc1cc(NS(=O)(=O)c2cc3c(cc2C)NC(=O)CO3)cc(OC)c1OC. The third-order valence-electron chi connectivity index (χ3n) is 4.12. The molecule has 0 saturated heterocycles. The van der Waals surface area contributed by atoms with Gasteiger partial charge in [0.1, 0.15) is 5.75 Å². The number of benzene rings is 2. The van der Waals surface area contributed by atoms with E-state index in [0.717, 1.165) is 0 Å². The second-order valence-electron chi connectivity index (χ2n) is 5.97. The Morgan fingerprint density at radius 2 is 1.68 bits per heavy atom. The van der Waals surface area contributed by atoms with Crippen molar-refractivity contribution in [3.05, 3.63) is 29.8 Å². The summed E-state index contributed by atoms with van der Waals surface area (Å²) in [5.41, 5.74) is 1.12. The predicted octanol–water partition coefficient (Wildman–Crippen LogP) is 2.15. The molecule has 2 aromatic carbocycles. The van der Waals surface area contributed by atoms with Crippen molar-refractivity contribution in [2.75, 3.05) is 38.0 Å². The average Bonchev–Trinajstić information content (AvgIpc) is 2.65. The van der Waals surface area contributed by atoms with Crippen molar-refractivity contribution in [1.82, 2.24) is 0 Å². The van der Waals surface area contributed by atoms with Crippen LogP contribution in [0.3, 0.4) is 0 Å². The van der Waals surface area contributed by atoms with Gasteiger partial charge in [-0.25, -0.2) is 8.42 Å². The van der Waals surface area contributed by atoms with Crippen LogP contribution in [0.15, 0.2) is 29.2 Å². The van der Waals surface area contributed by atoms with Crippen LogP contribution in [0.4, 0.5) is 11.4 Å². The van der Waals surface area contributed by atoms with Gasteiger partial charge in [0.2, 0.25) is 5.75 Å². The summed E-state index contributed by atoms with van der Waals surface area (Å²) in [6, 6.07) is 5.91. The first kappa shape index (κ1) is 19.6. The molecule has 1 aliphatic heterocycles. The fourth-order valence-electron chi connectivity index (χ4n) is 2.86. The molecule has 0 bridgehead atoms. The van der Waals surface area contributed by atoms with Crippen LogP contribution >= 0.6 is 0 Å². The molecule has 1 amide bonds. The van der Waals surface area contributed by atoms with Gasteiger partial charge in [-0.1, -0.05) is 0 Å². The smallest absolute Gasteiger partial charge is 0.262 e. The number of sulfonamides is 1. The van der Waals surface area contributed by atoms with Gasteiger partial charge in [0.05, 0.1) is 37.6 Å². The Hall–Kier alpha value is -3.14. The lowest BCUT2D eigenvalue weighted by Gasteiger charge is -2.20. The van der Waals surface area contributed by atoms with Crippen LogP contribution in [-0.2, 0) is 14.8 Å². The molecule has 0 fully saturated rings. The Bertz CT molecular complexity index is 1010. The highest BCUT2D eigenvalue weighted by Gasteiger charge is 2.24. The maximum atomic E-state index is 13.0. The van der Waals surface area contributed by atoms with Crippen molar-refractivity contribution in [3.63, 3.8) is 0 Å². The van der Waals surface area contributed by atoms with E-state index in [1.165, 1.54) is 39.5 Å². The van der Waals surface area contributed by atoms with Crippen LogP contribution < -0.4 is 29.0 Å². The van der Waals surface area contributed by atoms with Gasteiger partial charge in [-0.3, -0.25) is 9.52 Å². The second kappa shape index (κ2) is 7.47. The van der Waals surface area contributed by atoms with Crippen LogP contribution in [0.2, 0.25) is 0 Å². The molecule has 150 valence electrons. The summed E-state index contributed by atoms with van der Waals surface area (Å²) in [5.74, 6) is 0.969. The Labute approximate surface area is 162 Å². The van der Waals surface area contributed by atoms with E-state index in [1.54, 1.807) is 13.0 Å². The zero-order valence-corrected chi connectivity index (χ0v) is 16.6. The third-order valence-corrected chi connectivity index (χ3v) is 5.64. The first-order valence-corrected chi connectivity index (χ1v) is 9.67. The van der Waals surface area contributed by atoms with E-state index < -0.39 is 10.0 Å². The number of carbonyl (C=O) groups is 1. The number of nitrogens with one attached hydrogen (secondary N) is 2. The molecule has 0 aromatic heterocycles. The van der Waals surface area contributed by atoms with E-state index in [1.807, 2.05) is 0 Å². The number of ether oxygens (including phenoxy) is 4. The van der Waals surface area contributed by atoms with Crippen molar-refractivity contribution in [2.24, 2.45) is 0 Å². The zero-order valence-electron chi connectivity index (χ0n) is 15.8. The number of hydrogen-bond acceptors (Lipinski definition) is 7. The van der Waals surface area contributed by atoms with E-state index >= 15 is 0 Å². The lowest BCUT2D eigenvalue weighted by Crippen LogP contribution is -2.26. The minimum absolute atomic E-state index is 0.0242. The summed E-state index contributed by atoms with van der Waals surface area (Å²) < 4.78 is 49.5. The lowest BCUT2D eigenvalue weighted by molar-refractivity contribution is -0.118. The van der Waals surface area contributed by atoms with Gasteiger partial charge in [0.15, 0.2) is 18.1 Å². The van der Waals surface area contributed by atoms with Gasteiger partial charge in [-0.05, 0) is 18.6 Å². The molecule has 1 aliphatic rings.